The highest BCUT2D eigenvalue weighted by atomic mass is 16.2. The van der Waals surface area contributed by atoms with E-state index in [1.807, 2.05) is 0 Å². The Kier molecular flexibility index (Phi) is 8.01. The maximum atomic E-state index is 8.80. The molecule has 0 spiro atoms. The summed E-state index contributed by atoms with van der Waals surface area (Å²) in [5.74, 6) is 0.878. The summed E-state index contributed by atoms with van der Waals surface area (Å²) in [6, 6.07) is 1.11. The Labute approximate surface area is 130 Å². The molecule has 5 N–H and O–H groups in total. The maximum Gasteiger partial charge on any atom is 0.0576 e. The van der Waals surface area contributed by atoms with Crippen LogP contribution >= 0.6 is 0 Å². The van der Waals surface area contributed by atoms with Crippen molar-refractivity contribution < 1.29 is 5.11 Å². The number of hydrogen-bond donors (Lipinski definition) is 4. The zero-order chi connectivity index (χ0) is 14.9. The minimum Gasteiger partial charge on any atom is -0.396 e. The summed E-state index contributed by atoms with van der Waals surface area (Å²) in [7, 11) is 0. The second-order valence-corrected chi connectivity index (χ2v) is 7.10. The van der Waals surface area contributed by atoms with E-state index in [9.17, 15) is 0 Å². The van der Waals surface area contributed by atoms with E-state index in [4.69, 9.17) is 10.8 Å². The van der Waals surface area contributed by atoms with E-state index in [0.717, 1.165) is 18.9 Å². The average Bonchev–Trinajstić information content (AvgIpc) is 2.50. The smallest absolute Gasteiger partial charge is 0.0576 e. The monoisotopic (exact) mass is 297 g/mol. The molecule has 2 fully saturated rings. The molecular weight excluding hydrogens is 262 g/mol. The molecule has 0 bridgehead atoms. The zero-order valence-corrected chi connectivity index (χ0v) is 13.5. The van der Waals surface area contributed by atoms with E-state index >= 15 is 0 Å². The van der Waals surface area contributed by atoms with Crippen LogP contribution in [0.2, 0.25) is 0 Å². The molecule has 1 saturated carbocycles. The molecule has 4 nitrogen and oxygen atoms in total. The van der Waals surface area contributed by atoms with Crippen LogP contribution in [-0.2, 0) is 0 Å². The number of nitrogens with one attached hydrogen (secondary N) is 2. The van der Waals surface area contributed by atoms with Crippen molar-refractivity contribution in [3.63, 3.8) is 0 Å². The number of nitrogens with two attached hydrogens (primary N) is 1. The second-order valence-electron chi connectivity index (χ2n) is 7.10. The van der Waals surface area contributed by atoms with Crippen molar-refractivity contribution in [1.82, 2.24) is 10.6 Å². The lowest BCUT2D eigenvalue weighted by Gasteiger charge is -2.36. The summed E-state index contributed by atoms with van der Waals surface area (Å²) in [5, 5.41) is 16.3. The number of aliphatic hydroxyl groups excluding tert-OH is 1. The molecule has 0 amide bonds. The first-order valence-electron chi connectivity index (χ1n) is 9.14. The normalized spacial score (nSPS) is 34.0. The van der Waals surface area contributed by atoms with Crippen LogP contribution in [0.5, 0.6) is 0 Å². The first-order chi connectivity index (χ1) is 10.3. The van der Waals surface area contributed by atoms with Gasteiger partial charge < -0.3 is 16.2 Å². The first-order valence-corrected chi connectivity index (χ1v) is 9.14. The van der Waals surface area contributed by atoms with Gasteiger partial charge in [-0.3, -0.25) is 5.32 Å². The van der Waals surface area contributed by atoms with Gasteiger partial charge in [-0.05, 0) is 57.4 Å². The third-order valence-corrected chi connectivity index (χ3v) is 5.24. The van der Waals surface area contributed by atoms with Gasteiger partial charge >= 0.3 is 0 Å². The van der Waals surface area contributed by atoms with Crippen LogP contribution in [0.4, 0.5) is 0 Å². The fraction of sp³-hybridized carbons (Fsp3) is 1.00. The molecule has 0 aromatic rings. The van der Waals surface area contributed by atoms with Crippen molar-refractivity contribution in [2.24, 2.45) is 11.7 Å². The lowest BCUT2D eigenvalue weighted by molar-refractivity contribution is 0.214. The van der Waals surface area contributed by atoms with E-state index < -0.39 is 0 Å². The van der Waals surface area contributed by atoms with Crippen molar-refractivity contribution >= 4 is 0 Å². The SMILES string of the molecule is NC1CCC(NC2CC(CCCCCCO)CCN2)CC1. The molecule has 0 radical (unpaired) electrons. The van der Waals surface area contributed by atoms with Gasteiger partial charge in [0.25, 0.3) is 0 Å². The molecule has 2 unspecified atom stereocenters. The number of aliphatic hydroxyl groups is 1. The lowest BCUT2D eigenvalue weighted by Crippen LogP contribution is -2.52. The minimum atomic E-state index is 0.352. The molecule has 1 aliphatic carbocycles. The quantitative estimate of drug-likeness (QED) is 0.518. The Morgan fingerprint density at radius 3 is 2.52 bits per heavy atom. The van der Waals surface area contributed by atoms with Crippen LogP contribution in [0, 0.1) is 5.92 Å². The largest absolute Gasteiger partial charge is 0.396 e. The summed E-state index contributed by atoms with van der Waals surface area (Å²) >= 11 is 0. The molecule has 2 atom stereocenters. The Hall–Kier alpha value is -0.160. The molecule has 2 aliphatic rings. The fourth-order valence-electron chi connectivity index (χ4n) is 3.85. The van der Waals surface area contributed by atoms with Gasteiger partial charge in [0, 0.05) is 18.7 Å². The van der Waals surface area contributed by atoms with Gasteiger partial charge in [-0.1, -0.05) is 25.7 Å². The highest BCUT2D eigenvalue weighted by Gasteiger charge is 2.25. The summed E-state index contributed by atoms with van der Waals surface area (Å²) in [4.78, 5) is 0. The summed E-state index contributed by atoms with van der Waals surface area (Å²) in [5.41, 5.74) is 5.98. The van der Waals surface area contributed by atoms with Crippen LogP contribution in [0.3, 0.4) is 0 Å². The van der Waals surface area contributed by atoms with Gasteiger partial charge in [-0.2, -0.15) is 0 Å². The third kappa shape index (κ3) is 6.64. The molecule has 0 aromatic heterocycles. The third-order valence-electron chi connectivity index (χ3n) is 5.24. The minimum absolute atomic E-state index is 0.352. The van der Waals surface area contributed by atoms with Gasteiger partial charge in [0.1, 0.15) is 0 Å². The first kappa shape index (κ1) is 17.2. The number of piperidine rings is 1. The van der Waals surface area contributed by atoms with E-state index in [-0.39, 0.29) is 0 Å². The molecular formula is C17H35N3O. The fourth-order valence-corrected chi connectivity index (χ4v) is 3.85. The van der Waals surface area contributed by atoms with Crippen LogP contribution in [0.25, 0.3) is 0 Å². The van der Waals surface area contributed by atoms with Gasteiger partial charge in [0.15, 0.2) is 0 Å². The Morgan fingerprint density at radius 1 is 1.00 bits per heavy atom. The van der Waals surface area contributed by atoms with E-state index in [1.165, 1.54) is 64.2 Å². The zero-order valence-electron chi connectivity index (χ0n) is 13.5. The van der Waals surface area contributed by atoms with Gasteiger partial charge in [0.2, 0.25) is 0 Å². The predicted octanol–water partition coefficient (Wildman–Crippen LogP) is 2.11. The van der Waals surface area contributed by atoms with Crippen LogP contribution in [0.15, 0.2) is 0 Å². The highest BCUT2D eigenvalue weighted by Crippen LogP contribution is 2.24. The molecule has 1 aliphatic heterocycles. The predicted molar refractivity (Wildman–Crippen MR) is 88.1 cm³/mol. The van der Waals surface area contributed by atoms with Crippen LogP contribution < -0.4 is 16.4 Å². The van der Waals surface area contributed by atoms with Gasteiger partial charge in [-0.15, -0.1) is 0 Å². The van der Waals surface area contributed by atoms with Crippen LogP contribution in [0.1, 0.15) is 70.6 Å². The Balaban J connectivity index is 1.59. The summed E-state index contributed by atoms with van der Waals surface area (Å²) in [6.45, 7) is 1.51. The molecule has 4 heteroatoms. The average molecular weight is 297 g/mol. The topological polar surface area (TPSA) is 70.3 Å². The van der Waals surface area contributed by atoms with Gasteiger partial charge in [-0.25, -0.2) is 0 Å². The van der Waals surface area contributed by atoms with Crippen LogP contribution in [-0.4, -0.2) is 36.5 Å². The Bertz CT molecular complexity index is 267. The van der Waals surface area contributed by atoms with Crippen molar-refractivity contribution in [2.75, 3.05) is 13.2 Å². The van der Waals surface area contributed by atoms with Gasteiger partial charge in [0.05, 0.1) is 6.17 Å². The summed E-state index contributed by atoms with van der Waals surface area (Å²) < 4.78 is 0. The number of hydrogen-bond acceptors (Lipinski definition) is 4. The molecule has 124 valence electrons. The van der Waals surface area contributed by atoms with E-state index in [2.05, 4.69) is 10.6 Å². The van der Waals surface area contributed by atoms with Crippen molar-refractivity contribution in [3.05, 3.63) is 0 Å². The van der Waals surface area contributed by atoms with E-state index in [0.29, 0.717) is 24.9 Å². The standard InChI is InChI=1S/C17H35N3O/c18-15-6-8-16(9-7-15)20-17-13-14(10-11-19-17)5-3-1-2-4-12-21/h14-17,19-21H,1-13,18H2. The summed E-state index contributed by atoms with van der Waals surface area (Å²) in [6.07, 6.45) is 14.1. The van der Waals surface area contributed by atoms with Crippen molar-refractivity contribution in [1.29, 1.82) is 0 Å². The molecule has 1 saturated heterocycles. The second kappa shape index (κ2) is 9.78. The molecule has 2 rings (SSSR count). The maximum absolute atomic E-state index is 8.80. The van der Waals surface area contributed by atoms with Crippen molar-refractivity contribution in [3.8, 4) is 0 Å². The molecule has 21 heavy (non-hydrogen) atoms. The van der Waals surface area contributed by atoms with E-state index in [1.54, 1.807) is 0 Å². The molecule has 1 heterocycles. The Morgan fingerprint density at radius 2 is 1.76 bits per heavy atom. The van der Waals surface area contributed by atoms with Crippen molar-refractivity contribution in [2.45, 2.75) is 88.9 Å². The lowest BCUT2D eigenvalue weighted by atomic mass is 9.88. The number of unbranched alkanes of at least 4 members (excludes halogenated alkanes) is 3. The highest BCUT2D eigenvalue weighted by molar-refractivity contribution is 4.84. The molecule has 0 aromatic carbocycles. The number of rotatable bonds is 8.